The summed E-state index contributed by atoms with van der Waals surface area (Å²) >= 11 is 5.96. The third-order valence-corrected chi connectivity index (χ3v) is 3.52. The topological polar surface area (TPSA) is 71.1 Å². The summed E-state index contributed by atoms with van der Waals surface area (Å²) in [5, 5.41) is 5.70. The van der Waals surface area contributed by atoms with Gasteiger partial charge < -0.3 is 10.6 Å². The molecule has 0 fully saturated rings. The number of amides is 2. The van der Waals surface area contributed by atoms with Crippen molar-refractivity contribution >= 4 is 34.8 Å². The van der Waals surface area contributed by atoms with E-state index in [9.17, 15) is 9.59 Å². The zero-order chi connectivity index (χ0) is 15.0. The maximum Gasteiger partial charge on any atom is 0.255 e. The minimum atomic E-state index is -0.286. The zero-order valence-corrected chi connectivity index (χ0v) is 12.0. The van der Waals surface area contributed by atoms with Crippen LogP contribution in [0.4, 0.5) is 11.4 Å². The fraction of sp³-hybridized carbons (Fsp3) is 0.133. The predicted octanol–water partition coefficient (Wildman–Crippen LogP) is 2.79. The fourth-order valence-corrected chi connectivity index (χ4v) is 2.36. The first-order chi connectivity index (χ1) is 10.0. The molecule has 0 bridgehead atoms. The first-order valence-electron chi connectivity index (χ1n) is 6.39. The maximum absolute atomic E-state index is 12.3. The van der Waals surface area contributed by atoms with Crippen molar-refractivity contribution in [1.82, 2.24) is 4.98 Å². The average molecular weight is 302 g/mol. The quantitative estimate of drug-likeness (QED) is 0.838. The summed E-state index contributed by atoms with van der Waals surface area (Å²) in [5.41, 5.74) is 3.42. The summed E-state index contributed by atoms with van der Waals surface area (Å²) in [6, 6.07) is 6.85. The number of fused-ring (bicyclic) bond motifs is 1. The highest BCUT2D eigenvalue weighted by Gasteiger charge is 2.19. The summed E-state index contributed by atoms with van der Waals surface area (Å²) in [5.74, 6) is -0.347. The largest absolute Gasteiger partial charge is 0.326 e. The first-order valence-corrected chi connectivity index (χ1v) is 6.77. The second-order valence-corrected chi connectivity index (χ2v) is 5.26. The number of hydrogen-bond donors (Lipinski definition) is 2. The second-order valence-electron chi connectivity index (χ2n) is 4.90. The van der Waals surface area contributed by atoms with Gasteiger partial charge in [0.15, 0.2) is 5.15 Å². The molecule has 2 aromatic rings. The Morgan fingerprint density at radius 2 is 2.19 bits per heavy atom. The summed E-state index contributed by atoms with van der Waals surface area (Å²) in [7, 11) is 0. The molecule has 0 unspecified atom stereocenters. The highest BCUT2D eigenvalue weighted by Crippen LogP contribution is 2.25. The van der Waals surface area contributed by atoms with Gasteiger partial charge in [-0.05, 0) is 42.3 Å². The molecule has 0 spiro atoms. The number of pyridine rings is 1. The van der Waals surface area contributed by atoms with E-state index in [1.54, 1.807) is 30.5 Å². The van der Waals surface area contributed by atoms with Gasteiger partial charge in [0.2, 0.25) is 5.91 Å². The van der Waals surface area contributed by atoms with Crippen LogP contribution in [0, 0.1) is 6.92 Å². The monoisotopic (exact) mass is 301 g/mol. The Hall–Kier alpha value is -2.40. The number of carbonyl (C=O) groups is 2. The van der Waals surface area contributed by atoms with Crippen LogP contribution in [-0.2, 0) is 11.2 Å². The van der Waals surface area contributed by atoms with E-state index in [1.165, 1.54) is 0 Å². The van der Waals surface area contributed by atoms with Crippen LogP contribution in [0.2, 0.25) is 5.15 Å². The van der Waals surface area contributed by atoms with Crippen LogP contribution >= 0.6 is 11.6 Å². The molecule has 6 heteroatoms. The molecule has 0 saturated carbocycles. The van der Waals surface area contributed by atoms with Gasteiger partial charge in [0.05, 0.1) is 12.1 Å². The first kappa shape index (κ1) is 13.6. The molecule has 1 aromatic carbocycles. The van der Waals surface area contributed by atoms with Gasteiger partial charge in [-0.25, -0.2) is 4.98 Å². The molecule has 2 amide bonds. The minimum Gasteiger partial charge on any atom is -0.326 e. The van der Waals surface area contributed by atoms with Gasteiger partial charge in [-0.1, -0.05) is 11.6 Å². The molecule has 3 rings (SSSR count). The highest BCUT2D eigenvalue weighted by molar-refractivity contribution is 6.32. The van der Waals surface area contributed by atoms with Crippen LogP contribution in [0.3, 0.4) is 0 Å². The van der Waals surface area contributed by atoms with Crippen molar-refractivity contribution in [2.24, 2.45) is 0 Å². The Balaban J connectivity index is 1.85. The third kappa shape index (κ3) is 2.73. The number of nitrogens with one attached hydrogen (secondary N) is 2. The number of halogens is 1. The van der Waals surface area contributed by atoms with Crippen LogP contribution in [0.1, 0.15) is 21.5 Å². The zero-order valence-electron chi connectivity index (χ0n) is 11.2. The van der Waals surface area contributed by atoms with E-state index in [-0.39, 0.29) is 17.0 Å². The molecule has 1 aromatic heterocycles. The number of carbonyl (C=O) groups excluding carboxylic acids is 2. The Labute approximate surface area is 126 Å². The lowest BCUT2D eigenvalue weighted by Crippen LogP contribution is -2.13. The van der Waals surface area contributed by atoms with Gasteiger partial charge >= 0.3 is 0 Å². The van der Waals surface area contributed by atoms with E-state index in [1.807, 2.05) is 6.92 Å². The van der Waals surface area contributed by atoms with Crippen molar-refractivity contribution in [2.75, 3.05) is 10.6 Å². The predicted molar refractivity (Wildman–Crippen MR) is 80.7 cm³/mol. The minimum absolute atomic E-state index is 0.0616. The number of aromatic nitrogens is 1. The van der Waals surface area contributed by atoms with Gasteiger partial charge in [0.25, 0.3) is 5.91 Å². The molecule has 21 heavy (non-hydrogen) atoms. The van der Waals surface area contributed by atoms with Crippen molar-refractivity contribution in [3.05, 3.63) is 52.3 Å². The Bertz CT molecular complexity index is 759. The number of nitrogens with zero attached hydrogens (tertiary/aromatic N) is 1. The molecular weight excluding hydrogens is 290 g/mol. The molecule has 106 valence electrons. The molecule has 0 atom stereocenters. The Morgan fingerprint density at radius 3 is 3.00 bits per heavy atom. The number of rotatable bonds is 2. The molecule has 2 heterocycles. The van der Waals surface area contributed by atoms with E-state index in [4.69, 9.17) is 11.6 Å². The lowest BCUT2D eigenvalue weighted by Gasteiger charge is -2.08. The van der Waals surface area contributed by atoms with Crippen molar-refractivity contribution in [1.29, 1.82) is 0 Å². The fourth-order valence-electron chi connectivity index (χ4n) is 2.21. The lowest BCUT2D eigenvalue weighted by molar-refractivity contribution is -0.115. The molecule has 1 aliphatic heterocycles. The van der Waals surface area contributed by atoms with Crippen LogP contribution in [0.5, 0.6) is 0 Å². The maximum atomic E-state index is 12.3. The summed E-state index contributed by atoms with van der Waals surface area (Å²) in [6.45, 7) is 1.87. The van der Waals surface area contributed by atoms with Crippen LogP contribution in [0.15, 0.2) is 30.5 Å². The Kier molecular flexibility index (Phi) is 3.35. The molecule has 0 saturated heterocycles. The SMILES string of the molecule is Cc1cnc(Cl)c(NC(=O)c2ccc3c(c2)CC(=O)N3)c1. The molecule has 0 aliphatic carbocycles. The average Bonchev–Trinajstić information content (AvgIpc) is 2.81. The van der Waals surface area contributed by atoms with Crippen LogP contribution < -0.4 is 10.6 Å². The number of hydrogen-bond acceptors (Lipinski definition) is 3. The van der Waals surface area contributed by atoms with Gasteiger partial charge in [-0.15, -0.1) is 0 Å². The van der Waals surface area contributed by atoms with E-state index >= 15 is 0 Å². The van der Waals surface area contributed by atoms with Crippen molar-refractivity contribution in [3.8, 4) is 0 Å². The lowest BCUT2D eigenvalue weighted by atomic mass is 10.1. The van der Waals surface area contributed by atoms with Crippen LogP contribution in [0.25, 0.3) is 0 Å². The van der Waals surface area contributed by atoms with E-state index < -0.39 is 0 Å². The van der Waals surface area contributed by atoms with Crippen molar-refractivity contribution in [2.45, 2.75) is 13.3 Å². The van der Waals surface area contributed by atoms with Gasteiger partial charge in [-0.2, -0.15) is 0 Å². The normalized spacial score (nSPS) is 12.8. The van der Waals surface area contributed by atoms with E-state index in [0.29, 0.717) is 17.7 Å². The molecule has 1 aliphatic rings. The third-order valence-electron chi connectivity index (χ3n) is 3.22. The molecule has 2 N–H and O–H groups in total. The number of benzene rings is 1. The number of aryl methyl sites for hydroxylation is 1. The molecule has 0 radical (unpaired) electrons. The summed E-state index contributed by atoms with van der Waals surface area (Å²) < 4.78 is 0. The molecule has 5 nitrogen and oxygen atoms in total. The summed E-state index contributed by atoms with van der Waals surface area (Å²) in [4.78, 5) is 27.6. The van der Waals surface area contributed by atoms with Gasteiger partial charge in [0.1, 0.15) is 0 Å². The highest BCUT2D eigenvalue weighted by atomic mass is 35.5. The van der Waals surface area contributed by atoms with Gasteiger partial charge in [0, 0.05) is 17.4 Å². The van der Waals surface area contributed by atoms with Crippen molar-refractivity contribution < 1.29 is 9.59 Å². The molecular formula is C15H12ClN3O2. The van der Waals surface area contributed by atoms with Crippen molar-refractivity contribution in [3.63, 3.8) is 0 Å². The Morgan fingerprint density at radius 1 is 1.38 bits per heavy atom. The second kappa shape index (κ2) is 5.18. The van der Waals surface area contributed by atoms with Gasteiger partial charge in [-0.3, -0.25) is 9.59 Å². The standard InChI is InChI=1S/C15H12ClN3O2/c1-8-4-12(14(16)17-7-8)19-15(21)9-2-3-11-10(5-9)6-13(20)18-11/h2-5,7H,6H2,1H3,(H,18,20)(H,19,21). The van der Waals surface area contributed by atoms with E-state index in [0.717, 1.165) is 16.8 Å². The van der Waals surface area contributed by atoms with Crippen LogP contribution in [-0.4, -0.2) is 16.8 Å². The smallest absolute Gasteiger partial charge is 0.255 e. The number of anilines is 2. The summed E-state index contributed by atoms with van der Waals surface area (Å²) in [6.07, 6.45) is 1.92. The van der Waals surface area contributed by atoms with E-state index in [2.05, 4.69) is 15.6 Å².